The van der Waals surface area contributed by atoms with Crippen molar-refractivity contribution in [1.29, 1.82) is 0 Å². The monoisotopic (exact) mass is 295 g/mol. The summed E-state index contributed by atoms with van der Waals surface area (Å²) in [4.78, 5) is 22.4. The molecule has 1 aromatic carbocycles. The van der Waals surface area contributed by atoms with Gasteiger partial charge in [0, 0.05) is 23.2 Å². The van der Waals surface area contributed by atoms with Crippen molar-refractivity contribution in [3.63, 3.8) is 0 Å². The van der Waals surface area contributed by atoms with Gasteiger partial charge in [-0.3, -0.25) is 4.79 Å². The molecule has 1 atom stereocenters. The van der Waals surface area contributed by atoms with E-state index < -0.39 is 5.97 Å². The van der Waals surface area contributed by atoms with Crippen LogP contribution in [0.25, 0.3) is 6.08 Å². The Morgan fingerprint density at radius 1 is 1.45 bits per heavy atom. The summed E-state index contributed by atoms with van der Waals surface area (Å²) in [7, 11) is 0. The molecule has 0 fully saturated rings. The third-order valence-corrected chi connectivity index (χ3v) is 3.30. The van der Waals surface area contributed by atoms with Crippen LogP contribution in [-0.4, -0.2) is 23.5 Å². The molecule has 1 rings (SSSR count). The number of amides is 1. The minimum atomic E-state index is -1.04. The lowest BCUT2D eigenvalue weighted by Crippen LogP contribution is -2.28. The van der Waals surface area contributed by atoms with Gasteiger partial charge in [0.15, 0.2) is 0 Å². The van der Waals surface area contributed by atoms with E-state index in [2.05, 4.69) is 19.2 Å². The molecule has 0 aliphatic heterocycles. The quantitative estimate of drug-likeness (QED) is 0.792. The van der Waals surface area contributed by atoms with Crippen molar-refractivity contribution in [3.8, 4) is 0 Å². The van der Waals surface area contributed by atoms with Crippen molar-refractivity contribution in [1.82, 2.24) is 5.32 Å². The maximum Gasteiger partial charge on any atom is 0.328 e. The average Bonchev–Trinajstić information content (AvgIpc) is 2.42. The van der Waals surface area contributed by atoms with Gasteiger partial charge in [0.2, 0.25) is 0 Å². The first kappa shape index (κ1) is 16.2. The molecule has 4 nitrogen and oxygen atoms in total. The Kier molecular flexibility index (Phi) is 6.25. The highest BCUT2D eigenvalue weighted by Gasteiger charge is 2.09. The van der Waals surface area contributed by atoms with E-state index >= 15 is 0 Å². The van der Waals surface area contributed by atoms with E-state index in [0.29, 0.717) is 28.6 Å². The maximum absolute atomic E-state index is 11.9. The van der Waals surface area contributed by atoms with Gasteiger partial charge < -0.3 is 10.4 Å². The molecule has 0 aliphatic rings. The largest absolute Gasteiger partial charge is 0.478 e. The molecule has 0 aromatic heterocycles. The molecular weight excluding hydrogens is 278 g/mol. The summed E-state index contributed by atoms with van der Waals surface area (Å²) >= 11 is 6.02. The Morgan fingerprint density at radius 2 is 2.15 bits per heavy atom. The number of benzene rings is 1. The number of carboxylic acids is 1. The van der Waals surface area contributed by atoms with Crippen LogP contribution in [0.1, 0.15) is 36.2 Å². The summed E-state index contributed by atoms with van der Waals surface area (Å²) in [6.45, 7) is 4.75. The number of hydrogen-bond acceptors (Lipinski definition) is 2. The summed E-state index contributed by atoms with van der Waals surface area (Å²) < 4.78 is 0. The molecule has 1 aromatic rings. The Morgan fingerprint density at radius 3 is 2.70 bits per heavy atom. The lowest BCUT2D eigenvalue weighted by atomic mass is 10.1. The normalized spacial score (nSPS) is 12.3. The second-order valence-electron chi connectivity index (χ2n) is 4.63. The minimum absolute atomic E-state index is 0.180. The predicted octanol–water partition coefficient (Wildman–Crippen LogP) is 3.21. The van der Waals surface area contributed by atoms with Crippen molar-refractivity contribution in [2.24, 2.45) is 5.92 Å². The van der Waals surface area contributed by atoms with Gasteiger partial charge in [-0.2, -0.15) is 0 Å². The average molecular weight is 296 g/mol. The number of carbonyl (C=O) groups is 2. The topological polar surface area (TPSA) is 66.4 Å². The van der Waals surface area contributed by atoms with E-state index in [0.717, 1.165) is 12.5 Å². The van der Waals surface area contributed by atoms with Crippen molar-refractivity contribution in [2.75, 3.05) is 6.54 Å². The van der Waals surface area contributed by atoms with Crippen molar-refractivity contribution in [2.45, 2.75) is 20.3 Å². The van der Waals surface area contributed by atoms with Crippen LogP contribution >= 0.6 is 11.6 Å². The van der Waals surface area contributed by atoms with Crippen LogP contribution in [0, 0.1) is 5.92 Å². The van der Waals surface area contributed by atoms with Crippen molar-refractivity contribution < 1.29 is 14.7 Å². The molecule has 0 heterocycles. The van der Waals surface area contributed by atoms with E-state index in [-0.39, 0.29) is 5.91 Å². The number of carbonyl (C=O) groups excluding carboxylic acids is 1. The summed E-state index contributed by atoms with van der Waals surface area (Å²) in [5.74, 6) is -0.801. The van der Waals surface area contributed by atoms with Gasteiger partial charge in [-0.15, -0.1) is 0 Å². The van der Waals surface area contributed by atoms with Crippen LogP contribution in [0.5, 0.6) is 0 Å². The SMILES string of the molecule is CCC(C)CNC(=O)c1ccc(/C=C/C(=O)O)c(Cl)c1. The Balaban J connectivity index is 2.76. The van der Waals surface area contributed by atoms with Gasteiger partial charge in [-0.05, 0) is 29.7 Å². The molecule has 108 valence electrons. The summed E-state index contributed by atoms with van der Waals surface area (Å²) in [6, 6.07) is 4.79. The van der Waals surface area contributed by atoms with E-state index in [4.69, 9.17) is 16.7 Å². The van der Waals surface area contributed by atoms with Crippen molar-refractivity contribution in [3.05, 3.63) is 40.4 Å². The van der Waals surface area contributed by atoms with E-state index in [9.17, 15) is 9.59 Å². The molecule has 2 N–H and O–H groups in total. The predicted molar refractivity (Wildman–Crippen MR) is 79.9 cm³/mol. The first-order valence-corrected chi connectivity index (χ1v) is 6.80. The third-order valence-electron chi connectivity index (χ3n) is 2.98. The second kappa shape index (κ2) is 7.70. The lowest BCUT2D eigenvalue weighted by Gasteiger charge is -2.10. The Labute approximate surface area is 123 Å². The van der Waals surface area contributed by atoms with Crippen LogP contribution in [0.15, 0.2) is 24.3 Å². The molecule has 20 heavy (non-hydrogen) atoms. The first-order chi connectivity index (χ1) is 9.43. The van der Waals surface area contributed by atoms with E-state index in [1.807, 2.05) is 0 Å². The van der Waals surface area contributed by atoms with Gasteiger partial charge >= 0.3 is 5.97 Å². The third kappa shape index (κ3) is 5.05. The smallest absolute Gasteiger partial charge is 0.328 e. The molecule has 5 heteroatoms. The number of rotatable bonds is 6. The zero-order valence-corrected chi connectivity index (χ0v) is 12.3. The fourth-order valence-electron chi connectivity index (χ4n) is 1.48. The number of aliphatic carboxylic acids is 1. The second-order valence-corrected chi connectivity index (χ2v) is 5.04. The Bertz CT molecular complexity index is 526. The standard InChI is InChI=1S/C15H18ClNO3/c1-3-10(2)9-17-15(20)12-5-4-11(13(16)8-12)6-7-14(18)19/h4-8,10H,3,9H2,1-2H3,(H,17,20)(H,18,19)/b7-6+. The fourth-order valence-corrected chi connectivity index (χ4v) is 1.72. The summed E-state index contributed by atoms with van der Waals surface area (Å²) in [5, 5.41) is 11.7. The van der Waals surface area contributed by atoms with Gasteiger partial charge in [0.1, 0.15) is 0 Å². The highest BCUT2D eigenvalue weighted by Crippen LogP contribution is 2.19. The first-order valence-electron chi connectivity index (χ1n) is 6.42. The molecule has 0 aliphatic carbocycles. The summed E-state index contributed by atoms with van der Waals surface area (Å²) in [5.41, 5.74) is 1.03. The molecule has 1 unspecified atom stereocenters. The van der Waals surface area contributed by atoms with Crippen LogP contribution in [0.4, 0.5) is 0 Å². The molecule has 1 amide bonds. The molecule has 0 bridgehead atoms. The van der Waals surface area contributed by atoms with Gasteiger partial charge in [0.25, 0.3) is 5.91 Å². The molecule has 0 radical (unpaired) electrons. The number of halogens is 1. The number of hydrogen-bond donors (Lipinski definition) is 2. The van der Waals surface area contributed by atoms with E-state index in [1.165, 1.54) is 12.1 Å². The van der Waals surface area contributed by atoms with Crippen molar-refractivity contribution >= 4 is 29.6 Å². The minimum Gasteiger partial charge on any atom is -0.478 e. The molecule has 0 saturated carbocycles. The van der Waals surface area contributed by atoms with Gasteiger partial charge in [-0.1, -0.05) is 37.9 Å². The highest BCUT2D eigenvalue weighted by atomic mass is 35.5. The number of nitrogens with one attached hydrogen (secondary N) is 1. The fraction of sp³-hybridized carbons (Fsp3) is 0.333. The Hall–Kier alpha value is -1.81. The van der Waals surface area contributed by atoms with E-state index in [1.54, 1.807) is 12.1 Å². The maximum atomic E-state index is 11.9. The lowest BCUT2D eigenvalue weighted by molar-refractivity contribution is -0.131. The van der Waals surface area contributed by atoms with Gasteiger partial charge in [0.05, 0.1) is 0 Å². The van der Waals surface area contributed by atoms with Gasteiger partial charge in [-0.25, -0.2) is 4.79 Å². The van der Waals surface area contributed by atoms with Crippen LogP contribution in [-0.2, 0) is 4.79 Å². The zero-order valence-electron chi connectivity index (χ0n) is 11.5. The summed E-state index contributed by atoms with van der Waals surface area (Å²) in [6.07, 6.45) is 3.40. The van der Waals surface area contributed by atoms with Crippen LogP contribution in [0.2, 0.25) is 5.02 Å². The highest BCUT2D eigenvalue weighted by molar-refractivity contribution is 6.32. The molecule has 0 saturated heterocycles. The zero-order chi connectivity index (χ0) is 15.1. The van der Waals surface area contributed by atoms with Crippen LogP contribution in [0.3, 0.4) is 0 Å². The molecule has 0 spiro atoms. The molecular formula is C15H18ClNO3. The number of carboxylic acid groups (broad SMARTS) is 1. The van der Waals surface area contributed by atoms with Crippen LogP contribution < -0.4 is 5.32 Å².